The van der Waals surface area contributed by atoms with Crippen LogP contribution in [0.3, 0.4) is 0 Å². The van der Waals surface area contributed by atoms with Gasteiger partial charge < -0.3 is 14.1 Å². The van der Waals surface area contributed by atoms with Crippen LogP contribution < -0.4 is 0 Å². The average Bonchev–Trinajstić information content (AvgIpc) is 3.03. The van der Waals surface area contributed by atoms with Crippen molar-refractivity contribution in [2.24, 2.45) is 5.92 Å². The molecule has 0 radical (unpaired) electrons. The van der Waals surface area contributed by atoms with Gasteiger partial charge in [0.25, 0.3) is 5.22 Å². The normalized spacial score (nSPS) is 15.8. The number of likely N-dealkylation sites (tertiary alicyclic amines) is 1. The maximum absolute atomic E-state index is 12.3. The van der Waals surface area contributed by atoms with E-state index < -0.39 is 0 Å². The highest BCUT2D eigenvalue weighted by atomic mass is 32.2. The van der Waals surface area contributed by atoms with Crippen LogP contribution in [0.15, 0.2) is 46.6 Å². The van der Waals surface area contributed by atoms with E-state index in [9.17, 15) is 4.79 Å². The summed E-state index contributed by atoms with van der Waals surface area (Å²) in [6, 6.07) is 7.63. The number of rotatable bonds is 7. The van der Waals surface area contributed by atoms with Crippen molar-refractivity contribution in [3.8, 4) is 0 Å². The molecule has 1 aliphatic rings. The largest absolute Gasteiger partial charge is 0.431 e. The van der Waals surface area contributed by atoms with Gasteiger partial charge in [0.05, 0.1) is 12.4 Å². The molecule has 0 unspecified atom stereocenters. The van der Waals surface area contributed by atoms with Crippen LogP contribution in [0.1, 0.15) is 12.8 Å². The summed E-state index contributed by atoms with van der Waals surface area (Å²) in [4.78, 5) is 18.7. The van der Waals surface area contributed by atoms with Gasteiger partial charge in [-0.3, -0.25) is 4.79 Å². The molecule has 0 saturated carbocycles. The van der Waals surface area contributed by atoms with Crippen molar-refractivity contribution in [3.05, 3.63) is 36.9 Å². The Kier molecular flexibility index (Phi) is 5.93. The van der Waals surface area contributed by atoms with Gasteiger partial charge in [-0.25, -0.2) is 4.98 Å². The Morgan fingerprint density at radius 2 is 2.21 bits per heavy atom. The van der Waals surface area contributed by atoms with Gasteiger partial charge in [-0.05, 0) is 30.9 Å². The number of aromatic nitrogens is 1. The van der Waals surface area contributed by atoms with Gasteiger partial charge in [0, 0.05) is 19.7 Å². The first-order valence-electron chi connectivity index (χ1n) is 8.21. The van der Waals surface area contributed by atoms with Crippen LogP contribution in [0.4, 0.5) is 0 Å². The topological polar surface area (TPSA) is 55.6 Å². The molecular formula is C18H22N2O3S. The monoisotopic (exact) mass is 346 g/mol. The summed E-state index contributed by atoms with van der Waals surface area (Å²) in [5.41, 5.74) is 1.58. The molecule has 6 heteroatoms. The minimum atomic E-state index is 0.146. The van der Waals surface area contributed by atoms with E-state index in [1.807, 2.05) is 29.2 Å². The summed E-state index contributed by atoms with van der Waals surface area (Å²) in [6.07, 6.45) is 3.76. The lowest BCUT2D eigenvalue weighted by Gasteiger charge is -2.31. The summed E-state index contributed by atoms with van der Waals surface area (Å²) in [6.45, 7) is 6.60. The standard InChI is InChI=1S/C18H22N2O3S/c1-2-11-22-12-14-7-9-20(10-8-14)17(21)13-24-18-19-15-5-3-4-6-16(15)23-18/h2-6,14H,1,7-13H2. The number of ether oxygens (including phenoxy) is 1. The predicted molar refractivity (Wildman–Crippen MR) is 95.1 cm³/mol. The van der Waals surface area contributed by atoms with Crippen molar-refractivity contribution < 1.29 is 13.9 Å². The highest BCUT2D eigenvalue weighted by molar-refractivity contribution is 7.99. The zero-order valence-corrected chi connectivity index (χ0v) is 14.5. The van der Waals surface area contributed by atoms with Crippen molar-refractivity contribution in [1.82, 2.24) is 9.88 Å². The number of benzene rings is 1. The molecule has 2 heterocycles. The molecule has 1 aromatic heterocycles. The molecule has 3 rings (SSSR count). The number of hydrogen-bond acceptors (Lipinski definition) is 5. The third-order valence-electron chi connectivity index (χ3n) is 4.15. The minimum Gasteiger partial charge on any atom is -0.431 e. The van der Waals surface area contributed by atoms with Crippen molar-refractivity contribution >= 4 is 28.8 Å². The fraction of sp³-hybridized carbons (Fsp3) is 0.444. The molecule has 0 atom stereocenters. The van der Waals surface area contributed by atoms with Crippen LogP contribution >= 0.6 is 11.8 Å². The maximum Gasteiger partial charge on any atom is 0.257 e. The second kappa shape index (κ2) is 8.35. The highest BCUT2D eigenvalue weighted by Gasteiger charge is 2.23. The molecule has 1 fully saturated rings. The maximum atomic E-state index is 12.3. The van der Waals surface area contributed by atoms with Crippen LogP contribution in [-0.4, -0.2) is 47.8 Å². The summed E-state index contributed by atoms with van der Waals surface area (Å²) in [5.74, 6) is 1.05. The number of para-hydroxylation sites is 2. The number of amides is 1. The molecule has 128 valence electrons. The quantitative estimate of drug-likeness (QED) is 0.437. The lowest BCUT2D eigenvalue weighted by atomic mass is 9.98. The Hall–Kier alpha value is -1.79. The molecule has 24 heavy (non-hydrogen) atoms. The van der Waals surface area contributed by atoms with E-state index in [1.54, 1.807) is 6.08 Å². The number of oxazole rings is 1. The Morgan fingerprint density at radius 3 is 2.96 bits per heavy atom. The van der Waals surface area contributed by atoms with Crippen LogP contribution in [0.5, 0.6) is 0 Å². The first-order chi connectivity index (χ1) is 11.8. The van der Waals surface area contributed by atoms with E-state index in [0.29, 0.717) is 23.5 Å². The first kappa shape index (κ1) is 17.0. The summed E-state index contributed by atoms with van der Waals surface area (Å²) in [5, 5.41) is 0.553. The van der Waals surface area contributed by atoms with Gasteiger partial charge in [0.15, 0.2) is 5.58 Å². The zero-order chi connectivity index (χ0) is 16.8. The molecular weight excluding hydrogens is 324 g/mol. The molecule has 0 bridgehead atoms. The molecule has 0 aliphatic carbocycles. The second-order valence-corrected chi connectivity index (χ2v) is 6.81. The summed E-state index contributed by atoms with van der Waals surface area (Å²) < 4.78 is 11.1. The van der Waals surface area contributed by atoms with Crippen LogP contribution in [-0.2, 0) is 9.53 Å². The van der Waals surface area contributed by atoms with Crippen molar-refractivity contribution in [2.45, 2.75) is 18.1 Å². The molecule has 0 spiro atoms. The number of carbonyl (C=O) groups is 1. The zero-order valence-electron chi connectivity index (χ0n) is 13.6. The predicted octanol–water partition coefficient (Wildman–Crippen LogP) is 3.36. The lowest BCUT2D eigenvalue weighted by Crippen LogP contribution is -2.40. The lowest BCUT2D eigenvalue weighted by molar-refractivity contribution is -0.130. The number of nitrogens with zero attached hydrogens (tertiary/aromatic N) is 2. The minimum absolute atomic E-state index is 0.146. The van der Waals surface area contributed by atoms with Crippen molar-refractivity contribution in [1.29, 1.82) is 0 Å². The van der Waals surface area contributed by atoms with Gasteiger partial charge in [-0.15, -0.1) is 6.58 Å². The molecule has 1 saturated heterocycles. The summed E-state index contributed by atoms with van der Waals surface area (Å²) >= 11 is 1.36. The smallest absolute Gasteiger partial charge is 0.257 e. The average molecular weight is 346 g/mol. The van der Waals surface area contributed by atoms with Crippen molar-refractivity contribution in [3.63, 3.8) is 0 Å². The van der Waals surface area contributed by atoms with Gasteiger partial charge in [-0.1, -0.05) is 30.0 Å². The number of thioether (sulfide) groups is 1. The Balaban J connectivity index is 1.43. The van der Waals surface area contributed by atoms with E-state index in [2.05, 4.69) is 11.6 Å². The molecule has 5 nitrogen and oxygen atoms in total. The van der Waals surface area contributed by atoms with Crippen LogP contribution in [0.25, 0.3) is 11.1 Å². The molecule has 1 aromatic carbocycles. The van der Waals surface area contributed by atoms with Gasteiger partial charge in [-0.2, -0.15) is 0 Å². The van der Waals surface area contributed by atoms with Crippen LogP contribution in [0.2, 0.25) is 0 Å². The fourth-order valence-electron chi connectivity index (χ4n) is 2.79. The molecule has 2 aromatic rings. The molecule has 1 amide bonds. The number of fused-ring (bicyclic) bond motifs is 1. The number of hydrogen-bond donors (Lipinski definition) is 0. The molecule has 1 aliphatic heterocycles. The van der Waals surface area contributed by atoms with E-state index in [-0.39, 0.29) is 5.91 Å². The van der Waals surface area contributed by atoms with Gasteiger partial charge in [0.2, 0.25) is 5.91 Å². The van der Waals surface area contributed by atoms with Gasteiger partial charge in [0.1, 0.15) is 5.52 Å². The van der Waals surface area contributed by atoms with E-state index >= 15 is 0 Å². The van der Waals surface area contributed by atoms with E-state index in [4.69, 9.17) is 9.15 Å². The third-order valence-corrected chi connectivity index (χ3v) is 4.96. The summed E-state index contributed by atoms with van der Waals surface area (Å²) in [7, 11) is 0. The van der Waals surface area contributed by atoms with Crippen molar-refractivity contribution in [2.75, 3.05) is 32.1 Å². The Morgan fingerprint density at radius 1 is 1.42 bits per heavy atom. The Bertz CT molecular complexity index is 659. The highest BCUT2D eigenvalue weighted by Crippen LogP contribution is 2.24. The number of carbonyl (C=O) groups excluding carboxylic acids is 1. The third kappa shape index (κ3) is 4.39. The molecule has 0 N–H and O–H groups in total. The van der Waals surface area contributed by atoms with E-state index in [0.717, 1.165) is 43.6 Å². The SMILES string of the molecule is C=CCOCC1CCN(C(=O)CSc2nc3ccccc3o2)CC1. The van der Waals surface area contributed by atoms with Crippen LogP contribution in [0, 0.1) is 5.92 Å². The fourth-order valence-corrected chi connectivity index (χ4v) is 3.54. The van der Waals surface area contributed by atoms with Gasteiger partial charge >= 0.3 is 0 Å². The first-order valence-corrected chi connectivity index (χ1v) is 9.19. The number of piperidine rings is 1. The Labute approximate surface area is 146 Å². The second-order valence-electron chi connectivity index (χ2n) is 5.89. The van der Waals surface area contributed by atoms with E-state index in [1.165, 1.54) is 11.8 Å².